The van der Waals surface area contributed by atoms with Crippen LogP contribution in [0.15, 0.2) is 89.8 Å². The van der Waals surface area contributed by atoms with Gasteiger partial charge in [0.25, 0.3) is 0 Å². The summed E-state index contributed by atoms with van der Waals surface area (Å²) in [6.07, 6.45) is 0.850. The molecule has 0 unspecified atom stereocenters. The Labute approximate surface area is 214 Å². The summed E-state index contributed by atoms with van der Waals surface area (Å²) in [5, 5.41) is 3.07. The number of hydrogen-bond donors (Lipinski definition) is 1. The maximum Gasteiger partial charge on any atom is 0.243 e. The molecule has 4 nitrogen and oxygen atoms in total. The molecule has 3 aromatic carbocycles. The molecule has 3 aromatic rings. The van der Waals surface area contributed by atoms with Crippen molar-refractivity contribution in [2.75, 3.05) is 12.3 Å². The van der Waals surface area contributed by atoms with E-state index in [9.17, 15) is 9.59 Å². The number of nitrogens with zero attached hydrogens (tertiary/aromatic N) is 1. The van der Waals surface area contributed by atoms with Crippen LogP contribution in [-0.4, -0.2) is 35.1 Å². The van der Waals surface area contributed by atoms with Crippen LogP contribution in [0.25, 0.3) is 0 Å². The van der Waals surface area contributed by atoms with E-state index in [1.807, 2.05) is 60.7 Å². The minimum atomic E-state index is -0.576. The number of rotatable bonds is 12. The predicted octanol–water partition coefficient (Wildman–Crippen LogP) is 5.89. The molecular weight excluding hydrogens is 452 g/mol. The highest BCUT2D eigenvalue weighted by Crippen LogP contribution is 2.21. The lowest BCUT2D eigenvalue weighted by Gasteiger charge is -2.32. The number of thioether (sulfide) groups is 1. The van der Waals surface area contributed by atoms with Gasteiger partial charge in [0.1, 0.15) is 6.04 Å². The Hall–Kier alpha value is -3.05. The molecule has 0 aromatic heterocycles. The molecule has 0 saturated heterocycles. The molecule has 0 fully saturated rings. The number of nitrogens with one attached hydrogen (secondary N) is 1. The fourth-order valence-corrected chi connectivity index (χ4v) is 4.63. The molecule has 35 heavy (non-hydrogen) atoms. The zero-order chi connectivity index (χ0) is 25.0. The van der Waals surface area contributed by atoms with Crippen molar-refractivity contribution in [3.05, 3.63) is 102 Å². The average molecular weight is 489 g/mol. The summed E-state index contributed by atoms with van der Waals surface area (Å²) in [6.45, 7) is 7.20. The molecular formula is C30H36N2O2S. The lowest BCUT2D eigenvalue weighted by molar-refractivity contribution is -0.141. The van der Waals surface area contributed by atoms with Crippen LogP contribution in [0.1, 0.15) is 37.0 Å². The van der Waals surface area contributed by atoms with Gasteiger partial charge in [-0.25, -0.2) is 0 Å². The van der Waals surface area contributed by atoms with Crippen molar-refractivity contribution in [1.82, 2.24) is 10.2 Å². The molecule has 0 spiro atoms. The zero-order valence-electron chi connectivity index (χ0n) is 20.9. The summed E-state index contributed by atoms with van der Waals surface area (Å²) in [4.78, 5) is 29.9. The summed E-state index contributed by atoms with van der Waals surface area (Å²) in [7, 11) is 0. The average Bonchev–Trinajstić information content (AvgIpc) is 2.87. The van der Waals surface area contributed by atoms with E-state index in [0.717, 1.165) is 16.0 Å². The van der Waals surface area contributed by atoms with Crippen molar-refractivity contribution in [3.8, 4) is 0 Å². The molecule has 1 atom stereocenters. The SMILES string of the molecule is Cc1ccc(SCCC(=O)N(Cc2ccccc2)[C@H](Cc2ccccc2)C(=O)NCC(C)C)cc1. The van der Waals surface area contributed by atoms with Crippen molar-refractivity contribution >= 4 is 23.6 Å². The second-order valence-electron chi connectivity index (χ2n) is 9.26. The first-order chi connectivity index (χ1) is 16.9. The Morgan fingerprint density at radius 3 is 2.06 bits per heavy atom. The molecule has 0 saturated carbocycles. The van der Waals surface area contributed by atoms with Crippen LogP contribution in [0.2, 0.25) is 0 Å². The molecule has 0 aliphatic heterocycles. The highest BCUT2D eigenvalue weighted by molar-refractivity contribution is 7.99. The summed E-state index contributed by atoms with van der Waals surface area (Å²) in [5.74, 6) is 0.895. The van der Waals surface area contributed by atoms with Crippen molar-refractivity contribution in [1.29, 1.82) is 0 Å². The Kier molecular flexibility index (Phi) is 10.4. The second-order valence-corrected chi connectivity index (χ2v) is 10.4. The first-order valence-electron chi connectivity index (χ1n) is 12.3. The number of aryl methyl sites for hydroxylation is 1. The van der Waals surface area contributed by atoms with E-state index in [2.05, 4.69) is 50.4 Å². The van der Waals surface area contributed by atoms with Crippen LogP contribution < -0.4 is 5.32 Å². The minimum absolute atomic E-state index is 0.00547. The minimum Gasteiger partial charge on any atom is -0.354 e. The normalized spacial score (nSPS) is 11.8. The third kappa shape index (κ3) is 8.91. The fraction of sp³-hybridized carbons (Fsp3) is 0.333. The first kappa shape index (κ1) is 26.6. The van der Waals surface area contributed by atoms with E-state index >= 15 is 0 Å². The van der Waals surface area contributed by atoms with Crippen LogP contribution >= 0.6 is 11.8 Å². The van der Waals surface area contributed by atoms with E-state index in [1.165, 1.54) is 5.56 Å². The van der Waals surface area contributed by atoms with Crippen molar-refractivity contribution < 1.29 is 9.59 Å². The lowest BCUT2D eigenvalue weighted by atomic mass is 10.0. The number of carbonyl (C=O) groups excluding carboxylic acids is 2. The Morgan fingerprint density at radius 1 is 0.857 bits per heavy atom. The second kappa shape index (κ2) is 13.7. The summed E-state index contributed by atoms with van der Waals surface area (Å²) >= 11 is 1.67. The van der Waals surface area contributed by atoms with Gasteiger partial charge in [0.05, 0.1) is 0 Å². The van der Waals surface area contributed by atoms with E-state index in [1.54, 1.807) is 16.7 Å². The molecule has 5 heteroatoms. The monoisotopic (exact) mass is 488 g/mol. The van der Waals surface area contributed by atoms with Crippen LogP contribution in [0.3, 0.4) is 0 Å². The Bertz CT molecular complexity index is 1050. The van der Waals surface area contributed by atoms with Crippen molar-refractivity contribution in [2.45, 2.75) is 51.1 Å². The van der Waals surface area contributed by atoms with Gasteiger partial charge < -0.3 is 10.2 Å². The molecule has 1 N–H and O–H groups in total. The number of amides is 2. The summed E-state index contributed by atoms with van der Waals surface area (Å²) in [6, 6.07) is 27.6. The number of benzene rings is 3. The summed E-state index contributed by atoms with van der Waals surface area (Å²) < 4.78 is 0. The third-order valence-corrected chi connectivity index (χ3v) is 6.77. The smallest absolute Gasteiger partial charge is 0.243 e. The molecule has 0 aliphatic carbocycles. The Morgan fingerprint density at radius 2 is 1.46 bits per heavy atom. The molecule has 0 radical (unpaired) electrons. The third-order valence-electron chi connectivity index (χ3n) is 5.76. The van der Waals surface area contributed by atoms with Crippen LogP contribution in [-0.2, 0) is 22.6 Å². The van der Waals surface area contributed by atoms with Crippen molar-refractivity contribution in [3.63, 3.8) is 0 Å². The van der Waals surface area contributed by atoms with Gasteiger partial charge in [0.2, 0.25) is 11.8 Å². The van der Waals surface area contributed by atoms with Gasteiger partial charge in [0, 0.05) is 36.6 Å². The van der Waals surface area contributed by atoms with Crippen molar-refractivity contribution in [2.24, 2.45) is 5.92 Å². The van der Waals surface area contributed by atoms with Crippen LogP contribution in [0.4, 0.5) is 0 Å². The van der Waals surface area contributed by atoms with Gasteiger partial charge in [-0.1, -0.05) is 92.2 Å². The quantitative estimate of drug-likeness (QED) is 0.324. The van der Waals surface area contributed by atoms with Gasteiger partial charge >= 0.3 is 0 Å². The fourth-order valence-electron chi connectivity index (χ4n) is 3.79. The molecule has 0 heterocycles. The van der Waals surface area contributed by atoms with Gasteiger partial charge in [-0.2, -0.15) is 0 Å². The standard InChI is InChI=1S/C30H36N2O2S/c1-23(2)21-31-30(34)28(20-25-10-6-4-7-11-25)32(22-26-12-8-5-9-13-26)29(33)18-19-35-27-16-14-24(3)15-17-27/h4-17,23,28H,18-22H2,1-3H3,(H,31,34)/t28-/m1/s1. The largest absolute Gasteiger partial charge is 0.354 e. The maximum absolute atomic E-state index is 13.6. The Balaban J connectivity index is 1.80. The van der Waals surface area contributed by atoms with Gasteiger partial charge in [-0.3, -0.25) is 9.59 Å². The molecule has 3 rings (SSSR count). The lowest BCUT2D eigenvalue weighted by Crippen LogP contribution is -2.51. The number of hydrogen-bond acceptors (Lipinski definition) is 3. The van der Waals surface area contributed by atoms with Crippen LogP contribution in [0, 0.1) is 12.8 Å². The first-order valence-corrected chi connectivity index (χ1v) is 13.3. The summed E-state index contributed by atoms with van der Waals surface area (Å²) in [5.41, 5.74) is 3.27. The molecule has 2 amide bonds. The number of carbonyl (C=O) groups is 2. The van der Waals surface area contributed by atoms with E-state index in [-0.39, 0.29) is 11.8 Å². The predicted molar refractivity (Wildman–Crippen MR) is 145 cm³/mol. The van der Waals surface area contributed by atoms with Gasteiger partial charge in [-0.15, -0.1) is 11.8 Å². The zero-order valence-corrected chi connectivity index (χ0v) is 21.8. The topological polar surface area (TPSA) is 49.4 Å². The highest BCUT2D eigenvalue weighted by Gasteiger charge is 2.30. The van der Waals surface area contributed by atoms with E-state index in [0.29, 0.717) is 37.6 Å². The van der Waals surface area contributed by atoms with Gasteiger partial charge in [0.15, 0.2) is 0 Å². The van der Waals surface area contributed by atoms with E-state index in [4.69, 9.17) is 0 Å². The highest BCUT2D eigenvalue weighted by atomic mass is 32.2. The van der Waals surface area contributed by atoms with E-state index < -0.39 is 6.04 Å². The molecule has 0 aliphatic rings. The van der Waals surface area contributed by atoms with Gasteiger partial charge in [-0.05, 0) is 36.1 Å². The molecule has 0 bridgehead atoms. The molecule has 184 valence electrons. The van der Waals surface area contributed by atoms with Crippen LogP contribution in [0.5, 0.6) is 0 Å². The maximum atomic E-state index is 13.6.